The van der Waals surface area contributed by atoms with Gasteiger partial charge in [-0.1, -0.05) is 6.07 Å². The highest BCUT2D eigenvalue weighted by atomic mass is 32.2. The number of piperazine rings is 1. The van der Waals surface area contributed by atoms with E-state index in [1.807, 2.05) is 18.2 Å². The molecular weight excluding hydrogens is 514 g/mol. The molecule has 3 unspecified atom stereocenters. The number of rotatable bonds is 2. The number of hydrogen-bond acceptors (Lipinski definition) is 7. The fourth-order valence-electron chi connectivity index (χ4n) is 6.00. The molecule has 8 nitrogen and oxygen atoms in total. The van der Waals surface area contributed by atoms with Gasteiger partial charge in [-0.3, -0.25) is 24.6 Å². The number of nitrogens with zero attached hydrogens (tertiary/aromatic N) is 3. The van der Waals surface area contributed by atoms with Gasteiger partial charge in [0.2, 0.25) is 0 Å². The summed E-state index contributed by atoms with van der Waals surface area (Å²) in [5.41, 5.74) is 4.39. The normalized spacial score (nSPS) is 23.9. The van der Waals surface area contributed by atoms with Gasteiger partial charge in [-0.2, -0.15) is 0 Å². The average molecular weight is 538 g/mol. The number of fused-ring (bicyclic) bond motifs is 5. The summed E-state index contributed by atoms with van der Waals surface area (Å²) in [6.07, 6.45) is 2.57. The number of pyridine rings is 1. The molecule has 3 atom stereocenters. The van der Waals surface area contributed by atoms with Crippen LogP contribution in [0.15, 0.2) is 52.3 Å². The molecule has 1 N–H and O–H groups in total. The topological polar surface area (TPSA) is 89.9 Å². The zero-order chi connectivity index (χ0) is 26.1. The van der Waals surface area contributed by atoms with Crippen molar-refractivity contribution in [2.45, 2.75) is 48.3 Å². The van der Waals surface area contributed by atoms with Crippen LogP contribution in [-0.4, -0.2) is 51.9 Å². The van der Waals surface area contributed by atoms with E-state index in [1.165, 1.54) is 28.7 Å². The lowest BCUT2D eigenvalue weighted by Crippen LogP contribution is -2.71. The SMILES string of the molecule is O=C1c2c([O-])c(=O)ccn2NC2C(Oc3ccc4c(c3)Cc3ccc(F)c(F)c3CS4)N3CCCC3CN12. The van der Waals surface area contributed by atoms with Crippen LogP contribution in [0, 0.1) is 11.6 Å². The maximum absolute atomic E-state index is 14.4. The molecule has 1 amide bonds. The third-order valence-electron chi connectivity index (χ3n) is 7.89. The van der Waals surface area contributed by atoms with Gasteiger partial charge in [0.15, 0.2) is 29.5 Å². The van der Waals surface area contributed by atoms with Gasteiger partial charge in [-0.25, -0.2) is 8.78 Å². The van der Waals surface area contributed by atoms with E-state index in [2.05, 4.69) is 10.3 Å². The fraction of sp³-hybridized carbons (Fsp3) is 0.333. The number of ether oxygens (including phenoxy) is 1. The van der Waals surface area contributed by atoms with E-state index in [9.17, 15) is 23.5 Å². The Morgan fingerprint density at radius 3 is 2.84 bits per heavy atom. The summed E-state index contributed by atoms with van der Waals surface area (Å²) in [7, 11) is 0. The Bertz CT molecular complexity index is 1550. The molecule has 0 bridgehead atoms. The standard InChI is InChI=1S/C27H24F2N4O4S/c28-19-5-3-14-10-15-11-17(4-6-21(15)38-13-18(14)22(19)29)37-27-25-30-33-9-7-20(34)24(35)23(33)26(36)32(25)12-16-2-1-8-31(16)27/h3-7,9,11,16,25,27,30,35H,1-2,8,10,12-13H2/p-1. The molecule has 1 aromatic heterocycles. The van der Waals surface area contributed by atoms with E-state index in [-0.39, 0.29) is 11.7 Å². The lowest BCUT2D eigenvalue weighted by atomic mass is 10.00. The minimum atomic E-state index is -0.842. The molecule has 196 valence electrons. The number of carbonyl (C=O) groups is 1. The molecule has 2 fully saturated rings. The summed E-state index contributed by atoms with van der Waals surface area (Å²) in [5.74, 6) is -2.01. The second-order valence-electron chi connectivity index (χ2n) is 10.0. The van der Waals surface area contributed by atoms with Crippen LogP contribution in [0.2, 0.25) is 0 Å². The first kappa shape index (κ1) is 23.5. The zero-order valence-corrected chi connectivity index (χ0v) is 21.0. The third-order valence-corrected chi connectivity index (χ3v) is 9.03. The molecule has 0 saturated carbocycles. The van der Waals surface area contributed by atoms with Crippen LogP contribution in [0.25, 0.3) is 0 Å². The van der Waals surface area contributed by atoms with Crippen LogP contribution < -0.4 is 20.7 Å². The second-order valence-corrected chi connectivity index (χ2v) is 11.1. The third kappa shape index (κ3) is 3.59. The van der Waals surface area contributed by atoms with Crippen molar-refractivity contribution < 1.29 is 23.4 Å². The van der Waals surface area contributed by atoms with Crippen molar-refractivity contribution in [2.75, 3.05) is 18.5 Å². The highest BCUT2D eigenvalue weighted by Gasteiger charge is 2.49. The molecule has 4 aliphatic heterocycles. The second kappa shape index (κ2) is 8.74. The first-order valence-electron chi connectivity index (χ1n) is 12.5. The van der Waals surface area contributed by atoms with Crippen LogP contribution in [0.4, 0.5) is 8.78 Å². The van der Waals surface area contributed by atoms with Crippen LogP contribution in [0.3, 0.4) is 0 Å². The molecule has 3 aromatic rings. The Kier molecular flexibility index (Phi) is 5.41. The lowest BCUT2D eigenvalue weighted by Gasteiger charge is -2.51. The van der Waals surface area contributed by atoms with Gasteiger partial charge in [-0.05, 0) is 60.4 Å². The van der Waals surface area contributed by atoms with E-state index in [0.717, 1.165) is 41.5 Å². The molecule has 7 rings (SSSR count). The number of thioether (sulfide) groups is 1. The number of carbonyl (C=O) groups excluding carboxylic acids is 1. The van der Waals surface area contributed by atoms with Crippen LogP contribution >= 0.6 is 11.8 Å². The van der Waals surface area contributed by atoms with Crippen molar-refractivity contribution in [2.24, 2.45) is 0 Å². The van der Waals surface area contributed by atoms with Crippen LogP contribution in [0.1, 0.15) is 40.0 Å². The first-order chi connectivity index (χ1) is 18.4. The van der Waals surface area contributed by atoms with E-state index in [0.29, 0.717) is 30.0 Å². The summed E-state index contributed by atoms with van der Waals surface area (Å²) < 4.78 is 36.2. The number of benzene rings is 2. The Morgan fingerprint density at radius 2 is 1.97 bits per heavy atom. The summed E-state index contributed by atoms with van der Waals surface area (Å²) in [5, 5.41) is 12.5. The molecule has 38 heavy (non-hydrogen) atoms. The minimum absolute atomic E-state index is 0.0696. The van der Waals surface area contributed by atoms with E-state index in [1.54, 1.807) is 11.0 Å². The summed E-state index contributed by atoms with van der Waals surface area (Å²) in [6.45, 7) is 1.23. The number of hydrogen-bond donors (Lipinski definition) is 1. The molecule has 0 radical (unpaired) electrons. The number of nitrogens with one attached hydrogen (secondary N) is 1. The molecule has 0 spiro atoms. The van der Waals surface area contributed by atoms with Gasteiger partial charge >= 0.3 is 0 Å². The zero-order valence-electron chi connectivity index (χ0n) is 20.2. The number of amides is 1. The minimum Gasteiger partial charge on any atom is -0.868 e. The van der Waals surface area contributed by atoms with Crippen LogP contribution in [0.5, 0.6) is 11.5 Å². The number of aromatic nitrogens is 1. The lowest BCUT2D eigenvalue weighted by molar-refractivity contribution is -0.271. The molecule has 2 saturated heterocycles. The molecule has 5 heterocycles. The quantitative estimate of drug-likeness (QED) is 0.538. The molecule has 11 heteroatoms. The Morgan fingerprint density at radius 1 is 1.11 bits per heavy atom. The van der Waals surface area contributed by atoms with E-state index in [4.69, 9.17) is 4.74 Å². The van der Waals surface area contributed by atoms with Crippen molar-refractivity contribution in [3.8, 4) is 11.5 Å². The Labute approximate surface area is 220 Å². The van der Waals surface area contributed by atoms with Gasteiger partial charge in [-0.15, -0.1) is 11.8 Å². The predicted molar refractivity (Wildman–Crippen MR) is 134 cm³/mol. The van der Waals surface area contributed by atoms with Crippen molar-refractivity contribution in [1.29, 1.82) is 0 Å². The van der Waals surface area contributed by atoms with Crippen LogP contribution in [-0.2, 0) is 12.2 Å². The monoisotopic (exact) mass is 537 g/mol. The first-order valence-corrected chi connectivity index (χ1v) is 13.5. The van der Waals surface area contributed by atoms with Gasteiger partial charge in [0.25, 0.3) is 5.91 Å². The summed E-state index contributed by atoms with van der Waals surface area (Å²) in [6, 6.07) is 9.73. The van der Waals surface area contributed by atoms with Crippen molar-refractivity contribution in [3.63, 3.8) is 0 Å². The van der Waals surface area contributed by atoms with Crippen molar-refractivity contribution in [3.05, 3.63) is 86.8 Å². The smallest absolute Gasteiger partial charge is 0.273 e. The molecular formula is C27H23F2N4O4S-. The predicted octanol–water partition coefficient (Wildman–Crippen LogP) is 2.61. The summed E-state index contributed by atoms with van der Waals surface area (Å²) >= 11 is 1.46. The summed E-state index contributed by atoms with van der Waals surface area (Å²) in [4.78, 5) is 30.2. The highest BCUT2D eigenvalue weighted by Crippen LogP contribution is 2.39. The van der Waals surface area contributed by atoms with Gasteiger partial charge in [0.1, 0.15) is 11.4 Å². The largest absolute Gasteiger partial charge is 0.868 e. The van der Waals surface area contributed by atoms with E-state index < -0.39 is 41.1 Å². The maximum atomic E-state index is 14.4. The van der Waals surface area contributed by atoms with Gasteiger partial charge < -0.3 is 14.7 Å². The highest BCUT2D eigenvalue weighted by molar-refractivity contribution is 7.98. The number of halogens is 2. The van der Waals surface area contributed by atoms with Crippen molar-refractivity contribution in [1.82, 2.24) is 14.5 Å². The van der Waals surface area contributed by atoms with Gasteiger partial charge in [0, 0.05) is 47.6 Å². The van der Waals surface area contributed by atoms with Gasteiger partial charge in [0.05, 0.1) is 0 Å². The van der Waals surface area contributed by atoms with E-state index >= 15 is 0 Å². The Balaban J connectivity index is 1.23. The fourth-order valence-corrected chi connectivity index (χ4v) is 7.09. The Hall–Kier alpha value is -3.57. The average Bonchev–Trinajstić information content (AvgIpc) is 3.30. The molecule has 4 aliphatic rings. The van der Waals surface area contributed by atoms with Crippen molar-refractivity contribution >= 4 is 17.7 Å². The molecule has 2 aromatic carbocycles. The molecule has 0 aliphatic carbocycles. The maximum Gasteiger partial charge on any atom is 0.273 e.